The number of pyridine rings is 2. The third-order valence-corrected chi connectivity index (χ3v) is 14.1. The molecule has 0 atom stereocenters. The van der Waals surface area contributed by atoms with E-state index in [1.54, 1.807) is 12.4 Å². The van der Waals surface area contributed by atoms with Gasteiger partial charge in [-0.1, -0.05) is 273 Å². The van der Waals surface area contributed by atoms with Crippen molar-refractivity contribution in [3.05, 3.63) is 350 Å². The van der Waals surface area contributed by atoms with E-state index >= 15 is 0 Å². The van der Waals surface area contributed by atoms with Crippen molar-refractivity contribution in [2.24, 2.45) is 0 Å². The van der Waals surface area contributed by atoms with E-state index in [9.17, 15) is 0 Å². The Bertz CT molecular complexity index is 3700. The highest BCUT2D eigenvalue weighted by Gasteiger charge is 2.10. The highest BCUT2D eigenvalue weighted by Crippen LogP contribution is 2.29. The Morgan fingerprint density at radius 3 is 0.921 bits per heavy atom. The summed E-state index contributed by atoms with van der Waals surface area (Å²) in [6.45, 7) is 10.0. The topological polar surface area (TPSA) is 103 Å². The number of hydrogen-bond donors (Lipinski definition) is 0. The van der Waals surface area contributed by atoms with Crippen LogP contribution in [0.2, 0.25) is 0 Å². The first-order valence-corrected chi connectivity index (χ1v) is 29.6. The van der Waals surface area contributed by atoms with Gasteiger partial charge < -0.3 is 0 Å². The molecule has 89 heavy (non-hydrogen) atoms. The molecule has 0 aliphatic rings. The van der Waals surface area contributed by atoms with Gasteiger partial charge in [0.2, 0.25) is 0 Å². The maximum atomic E-state index is 4.77. The van der Waals surface area contributed by atoms with Gasteiger partial charge >= 0.3 is 0 Å². The molecule has 5 aromatic heterocycles. The van der Waals surface area contributed by atoms with Crippen LogP contribution in [-0.4, -0.2) is 39.9 Å². The lowest BCUT2D eigenvalue weighted by molar-refractivity contribution is 1.06. The lowest BCUT2D eigenvalue weighted by Gasteiger charge is -2.07. The lowest BCUT2D eigenvalue weighted by atomic mass is 10.0. The molecule has 9 aromatic carbocycles. The fourth-order valence-electron chi connectivity index (χ4n) is 9.81. The molecule has 14 aromatic rings. The minimum absolute atomic E-state index is 0.777. The van der Waals surface area contributed by atoms with Crippen molar-refractivity contribution >= 4 is 0 Å². The minimum Gasteiger partial charge on any atom is -0.258 e. The first-order chi connectivity index (χ1) is 43.7. The second-order valence-corrected chi connectivity index (χ2v) is 21.0. The van der Waals surface area contributed by atoms with E-state index in [1.807, 2.05) is 216 Å². The molecular formula is C81H68N8. The molecule has 0 unspecified atom stereocenters. The van der Waals surface area contributed by atoms with E-state index in [0.717, 1.165) is 113 Å². The summed E-state index contributed by atoms with van der Waals surface area (Å²) in [7, 11) is 0. The van der Waals surface area contributed by atoms with Gasteiger partial charge in [0.15, 0.2) is 5.82 Å². The van der Waals surface area contributed by atoms with Crippen molar-refractivity contribution in [1.82, 2.24) is 39.9 Å². The van der Waals surface area contributed by atoms with Crippen molar-refractivity contribution in [3.63, 3.8) is 0 Å². The smallest absolute Gasteiger partial charge is 0.160 e. The zero-order chi connectivity index (χ0) is 61.4. The number of rotatable bonds is 9. The van der Waals surface area contributed by atoms with Crippen LogP contribution >= 0.6 is 0 Å². The monoisotopic (exact) mass is 1150 g/mol. The molecule has 0 aliphatic carbocycles. The molecule has 8 heteroatoms. The van der Waals surface area contributed by atoms with Crippen LogP contribution in [0.25, 0.3) is 101 Å². The molecule has 0 N–H and O–H groups in total. The predicted molar refractivity (Wildman–Crippen MR) is 367 cm³/mol. The third kappa shape index (κ3) is 17.6. The Labute approximate surface area is 523 Å². The standard InChI is InChI=1S/2C18H15N.2C17H14N2.C11H10N2/c1-14-12-17(15-8-4-2-5-9-15)13-18(19-14)16-10-6-3-7-11-16;1-14-12-17(15-8-4-2-5-9-15)19-18(13-14)16-10-6-3-7-11-16;1-13-18-16(14-8-4-2-5-9-14)12-17(19-13)15-10-6-3-7-11-15;1-13-12-16(14-8-4-2-5-9-14)19-17(18-13)15-10-6-3-7-11-15;1-9-11(13-8-7-12-9)10-5-3-2-4-6-10/h2*2-13H,1H3;2*2-12H,1H3;2-8H,1H3. The van der Waals surface area contributed by atoms with E-state index in [1.165, 1.54) is 16.7 Å². The fraction of sp³-hybridized carbons (Fsp3) is 0.0617. The highest BCUT2D eigenvalue weighted by molar-refractivity contribution is 5.72. The molecule has 14 rings (SSSR count). The van der Waals surface area contributed by atoms with Gasteiger partial charge in [0.1, 0.15) is 5.82 Å². The first-order valence-electron chi connectivity index (χ1n) is 29.6. The molecular weight excluding hydrogens is 1080 g/mol. The van der Waals surface area contributed by atoms with Crippen molar-refractivity contribution in [3.8, 4) is 101 Å². The second-order valence-electron chi connectivity index (χ2n) is 21.0. The van der Waals surface area contributed by atoms with Gasteiger partial charge in [0, 0.05) is 68.3 Å². The fourth-order valence-corrected chi connectivity index (χ4v) is 9.81. The molecule has 0 saturated carbocycles. The molecule has 0 bridgehead atoms. The van der Waals surface area contributed by atoms with Crippen LogP contribution in [0.15, 0.2) is 322 Å². The molecule has 0 radical (unpaired) electrons. The Hall–Kier alpha value is -11.5. The van der Waals surface area contributed by atoms with Gasteiger partial charge in [-0.25, -0.2) is 24.9 Å². The van der Waals surface area contributed by atoms with Gasteiger partial charge in [-0.3, -0.25) is 15.0 Å². The number of aromatic nitrogens is 8. The molecule has 8 nitrogen and oxygen atoms in total. The molecule has 0 saturated heterocycles. The lowest BCUT2D eigenvalue weighted by Crippen LogP contribution is -1.94. The van der Waals surface area contributed by atoms with Crippen molar-refractivity contribution in [1.29, 1.82) is 0 Å². The average Bonchev–Trinajstić information content (AvgIpc) is 3.71. The number of aryl methyl sites for hydroxylation is 5. The summed E-state index contributed by atoms with van der Waals surface area (Å²) in [5.41, 5.74) is 22.6. The molecule has 0 amide bonds. The van der Waals surface area contributed by atoms with Gasteiger partial charge in [-0.15, -0.1) is 0 Å². The summed E-state index contributed by atoms with van der Waals surface area (Å²) >= 11 is 0. The Balaban J connectivity index is 0.000000123. The van der Waals surface area contributed by atoms with Crippen LogP contribution in [0.4, 0.5) is 0 Å². The number of hydrogen-bond acceptors (Lipinski definition) is 8. The van der Waals surface area contributed by atoms with E-state index in [0.29, 0.717) is 0 Å². The summed E-state index contributed by atoms with van der Waals surface area (Å²) in [6.07, 6.45) is 3.43. The summed E-state index contributed by atoms with van der Waals surface area (Å²) in [6, 6.07) is 105. The maximum absolute atomic E-state index is 4.77. The summed E-state index contributed by atoms with van der Waals surface area (Å²) in [5.74, 6) is 1.57. The minimum atomic E-state index is 0.777. The van der Waals surface area contributed by atoms with Crippen molar-refractivity contribution in [2.75, 3.05) is 0 Å². The quantitative estimate of drug-likeness (QED) is 0.141. The Morgan fingerprint density at radius 1 is 0.213 bits per heavy atom. The van der Waals surface area contributed by atoms with Gasteiger partial charge in [0.05, 0.1) is 45.6 Å². The summed E-state index contributed by atoms with van der Waals surface area (Å²) in [4.78, 5) is 36.1. The average molecular weight is 1150 g/mol. The molecule has 432 valence electrons. The van der Waals surface area contributed by atoms with Gasteiger partial charge in [-0.05, 0) is 87.7 Å². The van der Waals surface area contributed by atoms with E-state index in [2.05, 4.69) is 163 Å². The second kappa shape index (κ2) is 31.1. The first kappa shape index (κ1) is 60.6. The maximum Gasteiger partial charge on any atom is 0.160 e. The number of benzene rings is 9. The third-order valence-electron chi connectivity index (χ3n) is 14.1. The Morgan fingerprint density at radius 2 is 0.528 bits per heavy atom. The zero-order valence-electron chi connectivity index (χ0n) is 50.7. The molecule has 0 fully saturated rings. The van der Waals surface area contributed by atoms with Crippen LogP contribution < -0.4 is 0 Å². The SMILES string of the molecule is Cc1cc(-c2ccccc2)cc(-c2ccccc2)n1.Cc1cc(-c2ccccc2)nc(-c2ccccc2)c1.Cc1cc(-c2ccccc2)nc(-c2ccccc2)n1.Cc1nc(-c2ccccc2)cc(-c2ccccc2)n1.Cc1nccnc1-c1ccccc1. The van der Waals surface area contributed by atoms with Gasteiger partial charge in [-0.2, -0.15) is 0 Å². The predicted octanol–water partition coefficient (Wildman–Crippen LogP) is 20.1. The molecule has 0 spiro atoms. The van der Waals surface area contributed by atoms with E-state index in [4.69, 9.17) is 4.98 Å². The van der Waals surface area contributed by atoms with E-state index < -0.39 is 0 Å². The van der Waals surface area contributed by atoms with Crippen LogP contribution in [0, 0.1) is 34.6 Å². The van der Waals surface area contributed by atoms with Crippen LogP contribution in [0.5, 0.6) is 0 Å². The summed E-state index contributed by atoms with van der Waals surface area (Å²) in [5, 5.41) is 0. The van der Waals surface area contributed by atoms with Crippen LogP contribution in [0.1, 0.15) is 28.5 Å². The van der Waals surface area contributed by atoms with Gasteiger partial charge in [0.25, 0.3) is 0 Å². The highest BCUT2D eigenvalue weighted by atomic mass is 14.9. The zero-order valence-corrected chi connectivity index (χ0v) is 50.7. The summed E-state index contributed by atoms with van der Waals surface area (Å²) < 4.78 is 0. The van der Waals surface area contributed by atoms with E-state index in [-0.39, 0.29) is 0 Å². The van der Waals surface area contributed by atoms with Crippen molar-refractivity contribution < 1.29 is 0 Å². The van der Waals surface area contributed by atoms with Crippen LogP contribution in [0.3, 0.4) is 0 Å². The number of nitrogens with zero attached hydrogens (tertiary/aromatic N) is 8. The molecule has 5 heterocycles. The Kier molecular flexibility index (Phi) is 21.2. The van der Waals surface area contributed by atoms with Crippen LogP contribution in [-0.2, 0) is 0 Å². The largest absolute Gasteiger partial charge is 0.258 e. The van der Waals surface area contributed by atoms with Crippen molar-refractivity contribution in [2.45, 2.75) is 34.6 Å². The normalized spacial score (nSPS) is 10.3. The molecule has 0 aliphatic heterocycles.